The van der Waals surface area contributed by atoms with Crippen molar-refractivity contribution in [1.29, 1.82) is 0 Å². The van der Waals surface area contributed by atoms with Gasteiger partial charge in [0.2, 0.25) is 17.7 Å². The fourth-order valence-electron chi connectivity index (χ4n) is 3.46. The molecule has 1 N–H and O–H groups in total. The van der Waals surface area contributed by atoms with Crippen molar-refractivity contribution >= 4 is 23.2 Å². The third-order valence-electron chi connectivity index (χ3n) is 4.73. The average molecular weight is 377 g/mol. The summed E-state index contributed by atoms with van der Waals surface area (Å²) in [5.74, 6) is -2.05. The first kappa shape index (κ1) is 16.2. The summed E-state index contributed by atoms with van der Waals surface area (Å²) in [4.78, 5) is 44.5. The molecule has 3 heterocycles. The number of fused-ring (bicyclic) bond motifs is 1. The van der Waals surface area contributed by atoms with Crippen LogP contribution >= 0.6 is 0 Å². The van der Waals surface area contributed by atoms with Gasteiger partial charge in [0, 0.05) is 12.1 Å². The number of carbonyl (C=O) groups is 2. The Morgan fingerprint density at radius 3 is 2.32 bits per heavy atom. The number of oxime groups is 1. The molecule has 138 valence electrons. The Hall–Kier alpha value is -4.01. The van der Waals surface area contributed by atoms with E-state index in [-0.39, 0.29) is 11.4 Å². The molecule has 0 spiro atoms. The van der Waals surface area contributed by atoms with Crippen LogP contribution in [0.5, 0.6) is 0 Å². The number of para-hydroxylation sites is 2. The number of aromatic amines is 1. The number of nitrogens with zero attached hydrogens (tertiary/aromatic N) is 3. The SMILES string of the molecule is O=C1C2ON=C(c3c(=O)o[nH][n+]3-c3ccccc3)C2C(=O)N1c1ccccc1. The van der Waals surface area contributed by atoms with E-state index in [0.717, 1.165) is 4.90 Å². The molecular weight excluding hydrogens is 364 g/mol. The monoisotopic (exact) mass is 377 g/mol. The summed E-state index contributed by atoms with van der Waals surface area (Å²) in [6.45, 7) is 0. The van der Waals surface area contributed by atoms with Crippen molar-refractivity contribution in [3.8, 4) is 5.69 Å². The fourth-order valence-corrected chi connectivity index (χ4v) is 3.46. The average Bonchev–Trinajstić information content (AvgIpc) is 3.38. The minimum absolute atomic E-state index is 0.00904. The molecule has 0 saturated carbocycles. The van der Waals surface area contributed by atoms with Gasteiger partial charge in [0.25, 0.3) is 5.91 Å². The molecule has 2 aliphatic heterocycles. The number of amides is 2. The summed E-state index contributed by atoms with van der Waals surface area (Å²) in [6, 6.07) is 17.4. The second-order valence-corrected chi connectivity index (χ2v) is 6.33. The van der Waals surface area contributed by atoms with Crippen molar-refractivity contribution in [2.24, 2.45) is 11.1 Å². The van der Waals surface area contributed by atoms with Gasteiger partial charge >= 0.3 is 11.3 Å². The molecule has 2 atom stereocenters. The molecule has 28 heavy (non-hydrogen) atoms. The first-order chi connectivity index (χ1) is 13.7. The smallest absolute Gasteiger partial charge is 0.381 e. The molecule has 1 saturated heterocycles. The number of hydrogen-bond acceptors (Lipinski definition) is 6. The van der Waals surface area contributed by atoms with E-state index >= 15 is 0 Å². The second kappa shape index (κ2) is 6.02. The third kappa shape index (κ3) is 2.22. The predicted octanol–water partition coefficient (Wildman–Crippen LogP) is 0.537. The van der Waals surface area contributed by atoms with E-state index in [9.17, 15) is 14.4 Å². The van der Waals surface area contributed by atoms with Crippen molar-refractivity contribution < 1.29 is 23.6 Å². The molecule has 0 bridgehead atoms. The molecule has 9 heteroatoms. The Labute approximate surface area is 157 Å². The van der Waals surface area contributed by atoms with E-state index in [1.807, 2.05) is 6.07 Å². The van der Waals surface area contributed by atoms with E-state index in [4.69, 9.17) is 9.36 Å². The Morgan fingerprint density at radius 2 is 1.61 bits per heavy atom. The standard InChI is InChI=1S/C19H12N4O5/c24-17-13-14(15-19(26)28-21-23(15)12-9-5-2-6-10-12)20-27-16(13)18(25)22(17)11-7-3-1-4-8-11/h1-10,13,16H/p+1. The number of aromatic nitrogens is 2. The quantitative estimate of drug-likeness (QED) is 0.529. The summed E-state index contributed by atoms with van der Waals surface area (Å²) in [5, 5.41) is 6.39. The lowest BCUT2D eigenvalue weighted by Gasteiger charge is -2.14. The first-order valence-electron chi connectivity index (χ1n) is 8.52. The van der Waals surface area contributed by atoms with Gasteiger partial charge in [0.15, 0.2) is 5.71 Å². The van der Waals surface area contributed by atoms with E-state index in [2.05, 4.69) is 10.4 Å². The maximum atomic E-state index is 13.1. The van der Waals surface area contributed by atoms with Crippen molar-refractivity contribution in [2.45, 2.75) is 6.10 Å². The van der Waals surface area contributed by atoms with Crippen LogP contribution in [-0.4, -0.2) is 28.9 Å². The molecule has 2 unspecified atom stereocenters. The molecular formula is C19H13N4O5+. The molecule has 1 aromatic heterocycles. The third-order valence-corrected chi connectivity index (χ3v) is 4.73. The highest BCUT2D eigenvalue weighted by atomic mass is 16.7. The number of nitrogens with one attached hydrogen (secondary N) is 1. The lowest BCUT2D eigenvalue weighted by Crippen LogP contribution is -2.44. The van der Waals surface area contributed by atoms with E-state index in [1.54, 1.807) is 54.6 Å². The number of rotatable bonds is 3. The van der Waals surface area contributed by atoms with Crippen LogP contribution in [0.25, 0.3) is 5.69 Å². The highest BCUT2D eigenvalue weighted by Gasteiger charge is 2.59. The van der Waals surface area contributed by atoms with Crippen LogP contribution in [-0.2, 0) is 14.4 Å². The minimum Gasteiger partial charge on any atom is -0.381 e. The summed E-state index contributed by atoms with van der Waals surface area (Å²) in [7, 11) is 0. The number of benzene rings is 2. The van der Waals surface area contributed by atoms with Gasteiger partial charge in [0.05, 0.1) is 5.69 Å². The highest BCUT2D eigenvalue weighted by molar-refractivity contribution is 6.32. The zero-order valence-corrected chi connectivity index (χ0v) is 14.3. The van der Waals surface area contributed by atoms with Crippen LogP contribution in [0.4, 0.5) is 5.69 Å². The summed E-state index contributed by atoms with van der Waals surface area (Å²) < 4.78 is 6.29. The predicted molar refractivity (Wildman–Crippen MR) is 94.7 cm³/mol. The molecule has 0 aliphatic carbocycles. The number of anilines is 1. The van der Waals surface area contributed by atoms with Gasteiger partial charge in [-0.05, 0) is 22.1 Å². The van der Waals surface area contributed by atoms with Gasteiger partial charge in [-0.2, -0.15) is 0 Å². The maximum Gasteiger partial charge on any atom is 0.437 e. The van der Waals surface area contributed by atoms with Gasteiger partial charge in [-0.3, -0.25) is 14.1 Å². The van der Waals surface area contributed by atoms with Gasteiger partial charge in [0.1, 0.15) is 5.92 Å². The largest absolute Gasteiger partial charge is 0.437 e. The summed E-state index contributed by atoms with van der Waals surface area (Å²) >= 11 is 0. The molecule has 2 aromatic carbocycles. The van der Waals surface area contributed by atoms with E-state index < -0.39 is 29.5 Å². The molecule has 3 aromatic rings. The van der Waals surface area contributed by atoms with E-state index in [1.165, 1.54) is 4.68 Å². The Kier molecular flexibility index (Phi) is 3.48. The summed E-state index contributed by atoms with van der Waals surface area (Å²) in [5.41, 5.74) is 0.388. The Balaban J connectivity index is 1.58. The normalized spacial score (nSPS) is 20.9. The van der Waals surface area contributed by atoms with Crippen LogP contribution in [0.2, 0.25) is 0 Å². The van der Waals surface area contributed by atoms with Gasteiger partial charge in [-0.15, -0.1) is 0 Å². The van der Waals surface area contributed by atoms with E-state index in [0.29, 0.717) is 11.4 Å². The number of hydrogen-bond donors (Lipinski definition) is 1. The first-order valence-corrected chi connectivity index (χ1v) is 8.52. The van der Waals surface area contributed by atoms with Gasteiger partial charge in [-0.25, -0.2) is 9.69 Å². The highest BCUT2D eigenvalue weighted by Crippen LogP contribution is 2.34. The maximum absolute atomic E-state index is 13.1. The lowest BCUT2D eigenvalue weighted by atomic mass is 9.97. The van der Waals surface area contributed by atoms with Crippen LogP contribution in [0, 0.1) is 5.92 Å². The minimum atomic E-state index is -1.11. The van der Waals surface area contributed by atoms with Crippen molar-refractivity contribution in [3.05, 3.63) is 76.8 Å². The molecule has 2 amide bonds. The Morgan fingerprint density at radius 1 is 0.929 bits per heavy atom. The lowest BCUT2D eigenvalue weighted by molar-refractivity contribution is -0.671. The number of imide groups is 1. The van der Waals surface area contributed by atoms with Crippen LogP contribution in [0.15, 0.2) is 75.1 Å². The molecule has 9 nitrogen and oxygen atoms in total. The van der Waals surface area contributed by atoms with Crippen LogP contribution < -0.4 is 15.2 Å². The van der Waals surface area contributed by atoms with Gasteiger partial charge < -0.3 is 4.84 Å². The Bertz CT molecular complexity index is 1170. The zero-order valence-electron chi connectivity index (χ0n) is 14.3. The number of carbonyl (C=O) groups excluding carboxylic acids is 2. The molecule has 1 fully saturated rings. The topological polar surface area (TPSA) is 109 Å². The molecule has 5 rings (SSSR count). The fraction of sp³-hybridized carbons (Fsp3) is 0.105. The van der Waals surface area contributed by atoms with Gasteiger partial charge in [-0.1, -0.05) is 41.6 Å². The van der Waals surface area contributed by atoms with Crippen molar-refractivity contribution in [3.63, 3.8) is 0 Å². The van der Waals surface area contributed by atoms with Crippen LogP contribution in [0.1, 0.15) is 5.69 Å². The van der Waals surface area contributed by atoms with Crippen molar-refractivity contribution in [2.75, 3.05) is 4.90 Å². The van der Waals surface area contributed by atoms with Crippen molar-refractivity contribution in [1.82, 2.24) is 5.27 Å². The molecule has 2 aliphatic rings. The number of H-pyrrole nitrogens is 1. The summed E-state index contributed by atoms with van der Waals surface area (Å²) in [6.07, 6.45) is -1.11. The molecule has 0 radical (unpaired) electrons. The van der Waals surface area contributed by atoms with Crippen LogP contribution in [0.3, 0.4) is 0 Å². The second-order valence-electron chi connectivity index (χ2n) is 6.33. The zero-order chi connectivity index (χ0) is 19.3.